The molecule has 0 radical (unpaired) electrons. The Morgan fingerprint density at radius 1 is 0.911 bits per heavy atom. The molecule has 1 aliphatic rings. The summed E-state index contributed by atoms with van der Waals surface area (Å²) in [6.45, 7) is 3.45. The van der Waals surface area contributed by atoms with E-state index in [1.807, 2.05) is 43.3 Å². The first-order valence-electron chi connectivity index (χ1n) is 13.3. The lowest BCUT2D eigenvalue weighted by Gasteiger charge is -2.16. The molecule has 0 aliphatic carbocycles. The summed E-state index contributed by atoms with van der Waals surface area (Å²) in [5.74, 6) is -0.645. The Labute approximate surface area is 270 Å². The Morgan fingerprint density at radius 3 is 2.18 bits per heavy atom. The highest BCUT2D eigenvalue weighted by molar-refractivity contribution is 7.92. The third-order valence-electron chi connectivity index (χ3n) is 6.75. The van der Waals surface area contributed by atoms with Crippen LogP contribution >= 0.6 is 23.2 Å². The number of sulfonamides is 1. The van der Waals surface area contributed by atoms with Crippen molar-refractivity contribution in [3.8, 4) is 0 Å². The number of carbonyl (C=O) groups is 1. The zero-order valence-corrected chi connectivity index (χ0v) is 26.9. The average molecular weight is 687 g/mol. The molecule has 1 heterocycles. The van der Waals surface area contributed by atoms with E-state index in [0.29, 0.717) is 23.4 Å². The van der Waals surface area contributed by atoms with E-state index in [1.54, 1.807) is 19.1 Å². The van der Waals surface area contributed by atoms with Crippen molar-refractivity contribution in [1.29, 1.82) is 0 Å². The van der Waals surface area contributed by atoms with Gasteiger partial charge < -0.3 is 0 Å². The number of aryl methyl sites for hydroxylation is 1. The molecule has 11 nitrogen and oxygen atoms in total. The number of anilines is 2. The minimum atomic E-state index is -4.59. The molecule has 1 atom stereocenters. The summed E-state index contributed by atoms with van der Waals surface area (Å²) < 4.78 is 61.6. The van der Waals surface area contributed by atoms with Gasteiger partial charge in [0.05, 0.1) is 31.2 Å². The number of hydrazone groups is 1. The van der Waals surface area contributed by atoms with Gasteiger partial charge in [-0.15, -0.1) is 0 Å². The number of benzene rings is 4. The van der Waals surface area contributed by atoms with Crippen LogP contribution in [0.3, 0.4) is 0 Å². The molecule has 0 aromatic heterocycles. The number of carbonyl (C=O) groups excluding carboxylic acids is 1. The topological polar surface area (TPSA) is 158 Å². The van der Waals surface area contributed by atoms with Crippen LogP contribution in [0, 0.1) is 6.92 Å². The molecule has 1 unspecified atom stereocenters. The van der Waals surface area contributed by atoms with E-state index < -0.39 is 37.0 Å². The van der Waals surface area contributed by atoms with Crippen molar-refractivity contribution in [1.82, 2.24) is 0 Å². The zero-order chi connectivity index (χ0) is 32.5. The highest BCUT2D eigenvalue weighted by Crippen LogP contribution is 2.38. The van der Waals surface area contributed by atoms with Gasteiger partial charge in [-0.3, -0.25) is 14.1 Å². The normalized spacial score (nSPS) is 15.5. The minimum Gasteiger partial charge on any atom is -0.282 e. The van der Waals surface area contributed by atoms with Gasteiger partial charge in [0.15, 0.2) is 6.04 Å². The SMILES string of the molecule is CC1=NN(c2c(Cl)cc(S(=O)(=O)O)cc2Cl)C(=O)C1N=Nc1ccc(NS(=O)(=O)c2ccc(C)cc2Cc2ccccc2)cc1. The highest BCUT2D eigenvalue weighted by Gasteiger charge is 2.37. The van der Waals surface area contributed by atoms with Gasteiger partial charge in [-0.2, -0.15) is 28.8 Å². The Kier molecular flexibility index (Phi) is 9.10. The minimum absolute atomic E-state index is 0.0788. The Balaban J connectivity index is 1.30. The lowest BCUT2D eigenvalue weighted by molar-refractivity contribution is -0.117. The largest absolute Gasteiger partial charge is 0.294 e. The van der Waals surface area contributed by atoms with Crippen molar-refractivity contribution >= 4 is 72.0 Å². The van der Waals surface area contributed by atoms with E-state index in [4.69, 9.17) is 23.2 Å². The molecule has 15 heteroatoms. The van der Waals surface area contributed by atoms with Crippen molar-refractivity contribution in [2.45, 2.75) is 36.1 Å². The molecule has 232 valence electrons. The van der Waals surface area contributed by atoms with Crippen molar-refractivity contribution in [2.24, 2.45) is 15.3 Å². The smallest absolute Gasteiger partial charge is 0.282 e. The molecule has 0 bridgehead atoms. The van der Waals surface area contributed by atoms with E-state index in [2.05, 4.69) is 20.1 Å². The van der Waals surface area contributed by atoms with Gasteiger partial charge in [0.1, 0.15) is 5.69 Å². The van der Waals surface area contributed by atoms with Crippen LogP contribution in [0.5, 0.6) is 0 Å². The lowest BCUT2D eigenvalue weighted by Crippen LogP contribution is -2.30. The number of halogens is 2. The maximum Gasteiger partial charge on any atom is 0.294 e. The van der Waals surface area contributed by atoms with Gasteiger partial charge in [-0.05, 0) is 73.9 Å². The average Bonchev–Trinajstić information content (AvgIpc) is 3.24. The van der Waals surface area contributed by atoms with Gasteiger partial charge >= 0.3 is 0 Å². The Bertz CT molecular complexity index is 2050. The van der Waals surface area contributed by atoms with Crippen LogP contribution in [0.1, 0.15) is 23.6 Å². The van der Waals surface area contributed by atoms with Gasteiger partial charge in [-0.25, -0.2) is 8.42 Å². The van der Waals surface area contributed by atoms with Crippen LogP contribution < -0.4 is 9.73 Å². The van der Waals surface area contributed by atoms with Crippen molar-refractivity contribution < 1.29 is 26.2 Å². The zero-order valence-electron chi connectivity index (χ0n) is 23.7. The summed E-state index contributed by atoms with van der Waals surface area (Å²) in [6.07, 6.45) is 0.451. The summed E-state index contributed by atoms with van der Waals surface area (Å²) in [5.41, 5.74) is 3.43. The van der Waals surface area contributed by atoms with E-state index in [0.717, 1.165) is 28.3 Å². The van der Waals surface area contributed by atoms with Crippen LogP contribution in [0.25, 0.3) is 0 Å². The van der Waals surface area contributed by atoms with Crippen LogP contribution in [-0.2, 0) is 31.4 Å². The summed E-state index contributed by atoms with van der Waals surface area (Å²) in [7, 11) is -8.51. The summed E-state index contributed by atoms with van der Waals surface area (Å²) in [4.78, 5) is 12.8. The lowest BCUT2D eigenvalue weighted by atomic mass is 10.0. The fourth-order valence-electron chi connectivity index (χ4n) is 4.60. The van der Waals surface area contributed by atoms with Crippen LogP contribution in [-0.4, -0.2) is 39.0 Å². The van der Waals surface area contributed by atoms with E-state index in [-0.39, 0.29) is 26.3 Å². The predicted octanol–water partition coefficient (Wildman–Crippen LogP) is 6.82. The summed E-state index contributed by atoms with van der Waals surface area (Å²) >= 11 is 12.4. The number of amides is 1. The predicted molar refractivity (Wildman–Crippen MR) is 173 cm³/mol. The fraction of sp³-hybridized carbons (Fsp3) is 0.133. The number of azo groups is 1. The summed E-state index contributed by atoms with van der Waals surface area (Å²) in [5, 5.41) is 12.8. The molecule has 0 saturated carbocycles. The molecule has 0 spiro atoms. The molecule has 5 rings (SSSR count). The highest BCUT2D eigenvalue weighted by atomic mass is 35.5. The monoisotopic (exact) mass is 685 g/mol. The number of hydrogen-bond donors (Lipinski definition) is 2. The quantitative estimate of drug-likeness (QED) is 0.145. The van der Waals surface area contributed by atoms with Gasteiger partial charge in [0, 0.05) is 5.69 Å². The molecule has 0 fully saturated rings. The second-order valence-corrected chi connectivity index (χ2v) is 14.0. The molecule has 4 aromatic rings. The van der Waals surface area contributed by atoms with Crippen molar-refractivity contribution in [3.05, 3.63) is 112 Å². The van der Waals surface area contributed by atoms with Crippen molar-refractivity contribution in [2.75, 3.05) is 9.73 Å². The number of rotatable bonds is 9. The molecule has 1 aliphatic heterocycles. The van der Waals surface area contributed by atoms with Gasteiger partial charge in [0.25, 0.3) is 26.0 Å². The Morgan fingerprint density at radius 2 is 1.56 bits per heavy atom. The molecular weight excluding hydrogens is 661 g/mol. The third kappa shape index (κ3) is 7.24. The molecule has 2 N–H and O–H groups in total. The van der Waals surface area contributed by atoms with E-state index in [9.17, 15) is 26.2 Å². The Hall–Kier alpha value is -4.14. The first-order valence-corrected chi connectivity index (χ1v) is 16.9. The molecule has 4 aromatic carbocycles. The molecule has 1 amide bonds. The first-order chi connectivity index (χ1) is 21.2. The third-order valence-corrected chi connectivity index (χ3v) is 9.64. The van der Waals surface area contributed by atoms with Crippen LogP contribution in [0.4, 0.5) is 17.1 Å². The van der Waals surface area contributed by atoms with Crippen molar-refractivity contribution in [3.63, 3.8) is 0 Å². The summed E-state index contributed by atoms with van der Waals surface area (Å²) in [6, 6.07) is 21.7. The van der Waals surface area contributed by atoms with E-state index >= 15 is 0 Å². The van der Waals surface area contributed by atoms with Gasteiger partial charge in [-0.1, -0.05) is 71.2 Å². The van der Waals surface area contributed by atoms with Crippen LogP contribution in [0.2, 0.25) is 10.0 Å². The second-order valence-electron chi connectivity index (χ2n) is 10.1. The molecule has 0 saturated heterocycles. The van der Waals surface area contributed by atoms with E-state index in [1.165, 1.54) is 24.3 Å². The number of nitrogens with one attached hydrogen (secondary N) is 1. The number of nitrogens with zero attached hydrogens (tertiary/aromatic N) is 4. The molecule has 45 heavy (non-hydrogen) atoms. The first kappa shape index (κ1) is 32.3. The number of hydrogen-bond acceptors (Lipinski definition) is 8. The maximum atomic E-state index is 13.4. The fourth-order valence-corrected chi connectivity index (χ4v) is 7.19. The van der Waals surface area contributed by atoms with Crippen LogP contribution in [0.15, 0.2) is 110 Å². The molecular formula is C30H25Cl2N5O6S2. The van der Waals surface area contributed by atoms with Gasteiger partial charge in [0.2, 0.25) is 0 Å². The second kappa shape index (κ2) is 12.7. The maximum absolute atomic E-state index is 13.4. The standard InChI is InChI=1S/C30H25Cl2N5O6S2/c1-18-8-13-27(21(14-18)15-20-6-4-3-5-7-20)44(39,40)36-23-11-9-22(10-12-23)33-34-28-19(2)35-37(30(28)38)29-25(31)16-24(17-26(29)32)45(41,42)43/h3-14,16-17,28,36H,15H2,1-2H3,(H,41,42,43).